The van der Waals surface area contributed by atoms with E-state index in [1.165, 1.54) is 30.8 Å². The van der Waals surface area contributed by atoms with Crippen molar-refractivity contribution >= 4 is 28.1 Å². The van der Waals surface area contributed by atoms with Crippen LogP contribution in [0.1, 0.15) is 27.2 Å². The molecule has 0 unspecified atom stereocenters. The maximum absolute atomic E-state index is 12.9. The van der Waals surface area contributed by atoms with Crippen molar-refractivity contribution in [2.75, 3.05) is 12.4 Å². The molecular formula is C27H22N6O2S. The molecule has 5 aromatic rings. The first-order valence-corrected chi connectivity index (χ1v) is 12.0. The fourth-order valence-electron chi connectivity index (χ4n) is 4.09. The van der Waals surface area contributed by atoms with Crippen LogP contribution in [0.15, 0.2) is 114 Å². The van der Waals surface area contributed by atoms with Crippen molar-refractivity contribution in [1.82, 2.24) is 20.0 Å². The minimum absolute atomic E-state index is 0.0250. The molecule has 0 bridgehead atoms. The third-order valence-electron chi connectivity index (χ3n) is 5.68. The number of rotatable bonds is 8. The number of hydrogen-bond donors (Lipinski definition) is 1. The fraction of sp³-hybridized carbons (Fsp3) is 0.0741. The molecule has 8 nitrogen and oxygen atoms in total. The SMILES string of the molecule is CON=C(C(=O)n1ccnn1)c1csc(NC(c2ccccc2)(c2ccccc2)c2ccccc2)n1. The number of aromatic nitrogens is 4. The lowest BCUT2D eigenvalue weighted by Crippen LogP contribution is -2.38. The molecule has 0 radical (unpaired) electrons. The molecule has 36 heavy (non-hydrogen) atoms. The third-order valence-corrected chi connectivity index (χ3v) is 6.44. The van der Waals surface area contributed by atoms with Gasteiger partial charge in [0.2, 0.25) is 0 Å². The van der Waals surface area contributed by atoms with E-state index in [2.05, 4.69) is 57.2 Å². The first kappa shape index (κ1) is 23.1. The van der Waals surface area contributed by atoms with Crippen LogP contribution in [-0.4, -0.2) is 38.7 Å². The number of oxime groups is 1. The summed E-state index contributed by atoms with van der Waals surface area (Å²) in [6.07, 6.45) is 2.87. The van der Waals surface area contributed by atoms with Crippen molar-refractivity contribution in [1.29, 1.82) is 0 Å². The molecule has 0 aliphatic heterocycles. The van der Waals surface area contributed by atoms with Gasteiger partial charge in [0, 0.05) is 5.38 Å². The van der Waals surface area contributed by atoms with Gasteiger partial charge in [0.1, 0.15) is 18.3 Å². The zero-order valence-corrected chi connectivity index (χ0v) is 20.2. The van der Waals surface area contributed by atoms with Crippen LogP contribution in [0, 0.1) is 0 Å². The standard InChI is InChI=1S/C27H22N6O2S/c1-35-31-24(25(34)33-18-17-28-32-33)23-19-36-26(29-23)30-27(20-11-5-2-6-12-20,21-13-7-3-8-14-21)22-15-9-4-10-16-22/h2-19H,1H3,(H,29,30). The average Bonchev–Trinajstić information content (AvgIpc) is 3.64. The quantitative estimate of drug-likeness (QED) is 0.189. The zero-order valence-electron chi connectivity index (χ0n) is 19.4. The summed E-state index contributed by atoms with van der Waals surface area (Å²) in [4.78, 5) is 22.6. The van der Waals surface area contributed by atoms with E-state index in [-0.39, 0.29) is 5.71 Å². The van der Waals surface area contributed by atoms with Gasteiger partial charge in [0.05, 0.1) is 12.4 Å². The average molecular weight is 495 g/mol. The molecule has 0 aliphatic rings. The number of hydrogen-bond acceptors (Lipinski definition) is 8. The van der Waals surface area contributed by atoms with Gasteiger partial charge in [-0.15, -0.1) is 16.4 Å². The second-order valence-electron chi connectivity index (χ2n) is 7.79. The predicted molar refractivity (Wildman–Crippen MR) is 139 cm³/mol. The Hall–Kier alpha value is -4.63. The lowest BCUT2D eigenvalue weighted by molar-refractivity contribution is 0.0966. The zero-order chi connectivity index (χ0) is 24.8. The first-order chi connectivity index (χ1) is 17.7. The van der Waals surface area contributed by atoms with Crippen LogP contribution < -0.4 is 5.32 Å². The van der Waals surface area contributed by atoms with Gasteiger partial charge in [0.15, 0.2) is 10.8 Å². The molecule has 0 saturated heterocycles. The number of thiazole rings is 1. The van der Waals surface area contributed by atoms with E-state index >= 15 is 0 Å². The Bertz CT molecular complexity index is 1360. The number of anilines is 1. The van der Waals surface area contributed by atoms with E-state index < -0.39 is 11.4 Å². The Kier molecular flexibility index (Phi) is 6.63. The number of carbonyl (C=O) groups is 1. The highest BCUT2D eigenvalue weighted by Gasteiger charge is 2.37. The Morgan fingerprint density at radius 2 is 1.47 bits per heavy atom. The van der Waals surface area contributed by atoms with Gasteiger partial charge in [-0.3, -0.25) is 4.79 Å². The number of nitrogens with zero attached hydrogens (tertiary/aromatic N) is 5. The minimum atomic E-state index is -0.743. The molecule has 5 rings (SSSR count). The van der Waals surface area contributed by atoms with Crippen LogP contribution in [0.2, 0.25) is 0 Å². The molecule has 3 aromatic carbocycles. The molecule has 1 N–H and O–H groups in total. The Labute approximate surface area is 211 Å². The lowest BCUT2D eigenvalue weighted by atomic mass is 9.77. The molecule has 0 aliphatic carbocycles. The van der Waals surface area contributed by atoms with Crippen molar-refractivity contribution in [3.63, 3.8) is 0 Å². The topological polar surface area (TPSA) is 94.3 Å². The second kappa shape index (κ2) is 10.3. The summed E-state index contributed by atoms with van der Waals surface area (Å²) in [5.74, 6) is -0.494. The maximum Gasteiger partial charge on any atom is 0.303 e. The van der Waals surface area contributed by atoms with Crippen LogP contribution in [0.4, 0.5) is 5.13 Å². The van der Waals surface area contributed by atoms with Crippen molar-refractivity contribution in [2.24, 2.45) is 5.16 Å². The highest BCUT2D eigenvalue weighted by molar-refractivity contribution is 7.14. The monoisotopic (exact) mass is 494 g/mol. The smallest absolute Gasteiger partial charge is 0.303 e. The van der Waals surface area contributed by atoms with Crippen LogP contribution in [0.3, 0.4) is 0 Å². The second-order valence-corrected chi connectivity index (χ2v) is 8.64. The molecule has 0 atom stereocenters. The van der Waals surface area contributed by atoms with Crippen LogP contribution in [-0.2, 0) is 10.4 Å². The van der Waals surface area contributed by atoms with Gasteiger partial charge in [-0.05, 0) is 16.7 Å². The van der Waals surface area contributed by atoms with E-state index in [1.54, 1.807) is 5.38 Å². The van der Waals surface area contributed by atoms with Gasteiger partial charge in [-0.2, -0.15) is 4.68 Å². The van der Waals surface area contributed by atoms with Gasteiger partial charge < -0.3 is 10.2 Å². The summed E-state index contributed by atoms with van der Waals surface area (Å²) in [7, 11) is 1.38. The van der Waals surface area contributed by atoms with Crippen molar-refractivity contribution in [2.45, 2.75) is 5.54 Å². The predicted octanol–water partition coefficient (Wildman–Crippen LogP) is 4.83. The summed E-state index contributed by atoms with van der Waals surface area (Å²) in [5.41, 5.74) is 2.79. The molecule has 178 valence electrons. The number of benzene rings is 3. The molecule has 0 spiro atoms. The van der Waals surface area contributed by atoms with Gasteiger partial charge in [-0.25, -0.2) is 4.98 Å². The van der Waals surface area contributed by atoms with Crippen LogP contribution >= 0.6 is 11.3 Å². The van der Waals surface area contributed by atoms with E-state index in [9.17, 15) is 4.79 Å². The molecular weight excluding hydrogens is 472 g/mol. The highest BCUT2D eigenvalue weighted by Crippen LogP contribution is 2.40. The maximum atomic E-state index is 12.9. The first-order valence-electron chi connectivity index (χ1n) is 11.1. The van der Waals surface area contributed by atoms with Crippen LogP contribution in [0.25, 0.3) is 0 Å². The molecule has 2 heterocycles. The summed E-state index contributed by atoms with van der Waals surface area (Å²) in [6, 6.07) is 30.6. The number of nitrogens with one attached hydrogen (secondary N) is 1. The van der Waals surface area contributed by atoms with Gasteiger partial charge in [0.25, 0.3) is 0 Å². The lowest BCUT2D eigenvalue weighted by Gasteiger charge is -2.36. The summed E-state index contributed by atoms with van der Waals surface area (Å²) in [6.45, 7) is 0. The third kappa shape index (κ3) is 4.39. The minimum Gasteiger partial charge on any atom is -0.398 e. The largest absolute Gasteiger partial charge is 0.398 e. The fourth-order valence-corrected chi connectivity index (χ4v) is 4.84. The Morgan fingerprint density at radius 3 is 1.94 bits per heavy atom. The molecule has 2 aromatic heterocycles. The van der Waals surface area contributed by atoms with Crippen molar-refractivity contribution in [3.8, 4) is 0 Å². The number of carbonyl (C=O) groups excluding carboxylic acids is 1. The molecule has 9 heteroatoms. The van der Waals surface area contributed by atoms with Gasteiger partial charge in [-0.1, -0.05) is 101 Å². The molecule has 0 saturated carbocycles. The van der Waals surface area contributed by atoms with E-state index in [0.29, 0.717) is 10.8 Å². The Balaban J connectivity index is 1.62. The van der Waals surface area contributed by atoms with E-state index in [0.717, 1.165) is 21.4 Å². The normalized spacial score (nSPS) is 11.8. The summed E-state index contributed by atoms with van der Waals surface area (Å²) < 4.78 is 1.09. The van der Waals surface area contributed by atoms with Crippen molar-refractivity contribution < 1.29 is 9.63 Å². The Morgan fingerprint density at radius 1 is 0.917 bits per heavy atom. The highest BCUT2D eigenvalue weighted by atomic mass is 32.1. The van der Waals surface area contributed by atoms with E-state index in [1.807, 2.05) is 54.6 Å². The summed E-state index contributed by atoms with van der Waals surface area (Å²) in [5, 5.41) is 17.5. The van der Waals surface area contributed by atoms with Crippen LogP contribution in [0.5, 0.6) is 0 Å². The van der Waals surface area contributed by atoms with Gasteiger partial charge >= 0.3 is 5.91 Å². The molecule has 0 fully saturated rings. The van der Waals surface area contributed by atoms with E-state index in [4.69, 9.17) is 9.82 Å². The molecule has 0 amide bonds. The summed E-state index contributed by atoms with van der Waals surface area (Å²) >= 11 is 1.37. The van der Waals surface area contributed by atoms with Crippen molar-refractivity contribution in [3.05, 3.63) is 131 Å².